The number of halogens is 1. The number of methoxy groups -OCH3 is 1. The van der Waals surface area contributed by atoms with Crippen molar-refractivity contribution in [2.75, 3.05) is 13.3 Å². The van der Waals surface area contributed by atoms with Crippen LogP contribution in [0.1, 0.15) is 5.56 Å². The van der Waals surface area contributed by atoms with Crippen LogP contribution in [0.4, 0.5) is 0 Å². The summed E-state index contributed by atoms with van der Waals surface area (Å²) in [4.78, 5) is 12.6. The summed E-state index contributed by atoms with van der Waals surface area (Å²) in [5.74, 6) is 0.528. The summed E-state index contributed by atoms with van der Waals surface area (Å²) in [5, 5.41) is 3.44. The van der Waals surface area contributed by atoms with Gasteiger partial charge in [-0.15, -0.1) is 0 Å². The Morgan fingerprint density at radius 3 is 1.85 bits per heavy atom. The third-order valence-corrected chi connectivity index (χ3v) is 10.2. The molecule has 0 fully saturated rings. The van der Waals surface area contributed by atoms with Crippen molar-refractivity contribution in [1.29, 1.82) is 0 Å². The van der Waals surface area contributed by atoms with Gasteiger partial charge in [-0.3, -0.25) is 4.79 Å². The average Bonchev–Trinajstić information content (AvgIpc) is 2.83. The van der Waals surface area contributed by atoms with E-state index in [1.807, 2.05) is 48.5 Å². The number of benzene rings is 4. The first-order valence-corrected chi connectivity index (χ1v) is 12.6. The van der Waals surface area contributed by atoms with Crippen molar-refractivity contribution in [2.24, 2.45) is 5.73 Å². The standard InChI is InChI=1S/C28H26NO2P.ClH/c1-21-19-22(31-2)17-18-25(21)26-15-9-10-16-27(26)32(20-28(29)30,23-11-5-3-6-12-23)24-13-7-4-8-14-24;/h3-19H,20H2,1-2H3,(H-,29,30);1H. The molecule has 2 N–H and O–H groups in total. The number of nitrogens with two attached hydrogens (primary N) is 1. The van der Waals surface area contributed by atoms with E-state index in [-0.39, 0.29) is 24.5 Å². The van der Waals surface area contributed by atoms with Crippen LogP contribution in [0.2, 0.25) is 0 Å². The van der Waals surface area contributed by atoms with E-state index in [0.717, 1.165) is 38.4 Å². The highest BCUT2D eigenvalue weighted by molar-refractivity contribution is 7.96. The van der Waals surface area contributed by atoms with Gasteiger partial charge in [0.25, 0.3) is 5.91 Å². The molecule has 0 aliphatic heterocycles. The molecule has 4 rings (SSSR count). The maximum absolute atomic E-state index is 12.6. The van der Waals surface area contributed by atoms with E-state index in [1.165, 1.54) is 0 Å². The summed E-state index contributed by atoms with van der Waals surface area (Å²) in [6, 6.07) is 35.2. The Morgan fingerprint density at radius 2 is 1.33 bits per heavy atom. The van der Waals surface area contributed by atoms with Crippen molar-refractivity contribution in [1.82, 2.24) is 0 Å². The molecule has 0 atom stereocenters. The van der Waals surface area contributed by atoms with Crippen molar-refractivity contribution in [3.05, 3.63) is 109 Å². The van der Waals surface area contributed by atoms with Crippen molar-refractivity contribution < 1.29 is 21.9 Å². The van der Waals surface area contributed by atoms with E-state index >= 15 is 0 Å². The zero-order chi connectivity index (χ0) is 22.6. The topological polar surface area (TPSA) is 52.3 Å². The number of hydrogen-bond donors (Lipinski definition) is 1. The van der Waals surface area contributed by atoms with Gasteiger partial charge < -0.3 is 22.9 Å². The summed E-state index contributed by atoms with van der Waals surface area (Å²) >= 11 is 0. The zero-order valence-electron chi connectivity index (χ0n) is 18.7. The first-order chi connectivity index (χ1) is 15.6. The molecular weight excluding hydrogens is 449 g/mol. The van der Waals surface area contributed by atoms with Crippen LogP contribution in [-0.4, -0.2) is 19.2 Å². The first kappa shape index (κ1) is 24.5. The lowest BCUT2D eigenvalue weighted by atomic mass is 10.0. The molecule has 0 radical (unpaired) electrons. The maximum atomic E-state index is 12.6. The fraction of sp³-hybridized carbons (Fsp3) is 0.107. The zero-order valence-corrected chi connectivity index (χ0v) is 20.4. The third-order valence-electron chi connectivity index (χ3n) is 5.83. The molecule has 1 amide bonds. The van der Waals surface area contributed by atoms with Crippen LogP contribution in [0.5, 0.6) is 5.75 Å². The van der Waals surface area contributed by atoms with Crippen LogP contribution in [0.15, 0.2) is 103 Å². The Morgan fingerprint density at radius 1 is 0.788 bits per heavy atom. The molecule has 0 saturated heterocycles. The predicted molar refractivity (Wildman–Crippen MR) is 136 cm³/mol. The molecule has 0 heterocycles. The van der Waals surface area contributed by atoms with Crippen LogP contribution in [-0.2, 0) is 4.79 Å². The van der Waals surface area contributed by atoms with E-state index < -0.39 is 7.26 Å². The number of aryl methyl sites for hydroxylation is 1. The Labute approximate surface area is 202 Å². The van der Waals surface area contributed by atoms with Crippen molar-refractivity contribution in [3.63, 3.8) is 0 Å². The van der Waals surface area contributed by atoms with Crippen LogP contribution in [0.25, 0.3) is 11.1 Å². The molecule has 0 aliphatic carbocycles. The van der Waals surface area contributed by atoms with Crippen molar-refractivity contribution >= 4 is 29.1 Å². The fourth-order valence-corrected chi connectivity index (χ4v) is 8.56. The Bertz CT molecular complexity index is 1190. The van der Waals surface area contributed by atoms with Crippen LogP contribution in [0.3, 0.4) is 0 Å². The molecule has 0 spiro atoms. The number of carbonyl (C=O) groups excluding carboxylic acids is 1. The Hall–Kier alpha value is -3.13. The van der Waals surface area contributed by atoms with Crippen LogP contribution >= 0.6 is 7.26 Å². The number of amides is 1. The lowest BCUT2D eigenvalue weighted by molar-refractivity contribution is -0.115. The van der Waals surface area contributed by atoms with Gasteiger partial charge in [-0.1, -0.05) is 60.7 Å². The minimum atomic E-state index is -2.36. The Balaban J connectivity index is 0.00000306. The minimum Gasteiger partial charge on any atom is -1.00 e. The second-order valence-electron chi connectivity index (χ2n) is 7.80. The second-order valence-corrected chi connectivity index (χ2v) is 11.3. The third kappa shape index (κ3) is 4.80. The van der Waals surface area contributed by atoms with Gasteiger partial charge in [-0.2, -0.15) is 0 Å². The first-order valence-electron chi connectivity index (χ1n) is 10.6. The van der Waals surface area contributed by atoms with Crippen LogP contribution in [0, 0.1) is 6.92 Å². The highest BCUT2D eigenvalue weighted by atomic mass is 35.5. The lowest BCUT2D eigenvalue weighted by Crippen LogP contribution is -3.00. The highest BCUT2D eigenvalue weighted by Gasteiger charge is 2.48. The fourth-order valence-electron chi connectivity index (χ4n) is 4.39. The molecule has 5 heteroatoms. The van der Waals surface area contributed by atoms with Crippen LogP contribution < -0.4 is 38.8 Å². The molecule has 0 bridgehead atoms. The van der Waals surface area contributed by atoms with Crippen molar-refractivity contribution in [3.8, 4) is 16.9 Å². The lowest BCUT2D eigenvalue weighted by Gasteiger charge is -2.28. The molecule has 0 unspecified atom stereocenters. The van der Waals surface area contributed by atoms with E-state index in [1.54, 1.807) is 7.11 Å². The molecule has 3 nitrogen and oxygen atoms in total. The van der Waals surface area contributed by atoms with Gasteiger partial charge in [0.1, 0.15) is 28.9 Å². The molecule has 4 aromatic rings. The molecule has 0 saturated carbocycles. The quantitative estimate of drug-likeness (QED) is 0.411. The molecule has 168 valence electrons. The monoisotopic (exact) mass is 475 g/mol. The Kier molecular flexibility index (Phi) is 7.92. The van der Waals surface area contributed by atoms with Gasteiger partial charge in [-0.25, -0.2) is 0 Å². The average molecular weight is 476 g/mol. The summed E-state index contributed by atoms with van der Waals surface area (Å²) in [6.45, 7) is 2.09. The second kappa shape index (κ2) is 10.7. The molecule has 4 aromatic carbocycles. The van der Waals surface area contributed by atoms with Gasteiger partial charge in [0.2, 0.25) is 0 Å². The summed E-state index contributed by atoms with van der Waals surface area (Å²) in [7, 11) is -0.680. The largest absolute Gasteiger partial charge is 1.00 e. The molecule has 33 heavy (non-hydrogen) atoms. The summed E-state index contributed by atoms with van der Waals surface area (Å²) < 4.78 is 5.42. The summed E-state index contributed by atoms with van der Waals surface area (Å²) in [6.07, 6.45) is 0.271. The van der Waals surface area contributed by atoms with E-state index in [2.05, 4.69) is 61.5 Å². The maximum Gasteiger partial charge on any atom is 0.256 e. The van der Waals surface area contributed by atoms with Gasteiger partial charge >= 0.3 is 0 Å². The smallest absolute Gasteiger partial charge is 0.256 e. The minimum absolute atomic E-state index is 0. The van der Waals surface area contributed by atoms with Crippen molar-refractivity contribution in [2.45, 2.75) is 6.92 Å². The van der Waals surface area contributed by atoms with E-state index in [9.17, 15) is 4.79 Å². The van der Waals surface area contributed by atoms with E-state index in [4.69, 9.17) is 10.5 Å². The van der Waals surface area contributed by atoms with Gasteiger partial charge in [0, 0.05) is 5.56 Å². The highest BCUT2D eigenvalue weighted by Crippen LogP contribution is 2.56. The van der Waals surface area contributed by atoms with Gasteiger partial charge in [0.15, 0.2) is 6.16 Å². The van der Waals surface area contributed by atoms with E-state index in [0.29, 0.717) is 0 Å². The number of primary amides is 1. The van der Waals surface area contributed by atoms with Gasteiger partial charge in [0.05, 0.1) is 7.11 Å². The predicted octanol–water partition coefficient (Wildman–Crippen LogP) is 1.45. The number of ether oxygens (including phenoxy) is 1. The normalized spacial score (nSPS) is 10.8. The molecular formula is C28H27ClNO2P. The number of rotatable bonds is 7. The number of hydrogen-bond acceptors (Lipinski definition) is 2. The SMILES string of the molecule is COc1ccc(-c2ccccc2[P+](CC(N)=O)(c2ccccc2)c2ccccc2)c(C)c1.[Cl-]. The summed E-state index contributed by atoms with van der Waals surface area (Å²) in [5.41, 5.74) is 9.29. The molecule has 0 aromatic heterocycles. The molecule has 0 aliphatic rings. The number of carbonyl (C=O) groups is 1. The van der Waals surface area contributed by atoms with Gasteiger partial charge in [-0.05, 0) is 60.5 Å².